The highest BCUT2D eigenvalue weighted by Crippen LogP contribution is 2.23. The van der Waals surface area contributed by atoms with Gasteiger partial charge in [0, 0.05) is 24.9 Å². The molecule has 0 N–H and O–H groups in total. The number of carbonyl (C=O) groups is 2. The lowest BCUT2D eigenvalue weighted by Crippen LogP contribution is -2.33. The van der Waals surface area contributed by atoms with Gasteiger partial charge in [0.15, 0.2) is 5.49 Å². The molecular formula is C29H22ClN5O6. The Labute approximate surface area is 237 Å². The molecule has 0 spiro atoms. The second-order valence-corrected chi connectivity index (χ2v) is 9.32. The summed E-state index contributed by atoms with van der Waals surface area (Å²) in [6.45, 7) is 1.83. The molecule has 0 aliphatic rings. The van der Waals surface area contributed by atoms with E-state index in [4.69, 9.17) is 16.3 Å². The number of ether oxygens (including phenoxy) is 1. The summed E-state index contributed by atoms with van der Waals surface area (Å²) in [5.74, 6) is -1.73. The highest BCUT2D eigenvalue weighted by molar-refractivity contribution is 6.34. The molecule has 3 heterocycles. The smallest absolute Gasteiger partial charge is 0.341 e. The van der Waals surface area contributed by atoms with Crippen molar-refractivity contribution in [1.29, 1.82) is 0 Å². The van der Waals surface area contributed by atoms with Gasteiger partial charge in [-0.25, -0.2) is 9.78 Å². The Hall–Kier alpha value is -5.16. The van der Waals surface area contributed by atoms with E-state index in [0.717, 1.165) is 11.6 Å². The van der Waals surface area contributed by atoms with Crippen molar-refractivity contribution in [3.63, 3.8) is 0 Å². The Kier molecular flexibility index (Phi) is 7.70. The number of pyridine rings is 2. The first-order valence-electron chi connectivity index (χ1n) is 12.6. The quantitative estimate of drug-likeness (QED) is 0.122. The zero-order valence-electron chi connectivity index (χ0n) is 21.7. The van der Waals surface area contributed by atoms with Crippen LogP contribution in [-0.2, 0) is 17.7 Å². The molecule has 12 heteroatoms. The van der Waals surface area contributed by atoms with Crippen LogP contribution in [0.4, 0.5) is 5.69 Å². The van der Waals surface area contributed by atoms with Crippen LogP contribution < -0.4 is 11.0 Å². The SMILES string of the molecule is CCOC(=O)c1cc2c(=O)n3ccccc3nc2n(CCc2ccccc2)c1=NC(=O)c1cc([N+](=O)[O-])ccc1Cl. The van der Waals surface area contributed by atoms with Crippen molar-refractivity contribution in [2.24, 2.45) is 4.99 Å². The summed E-state index contributed by atoms with van der Waals surface area (Å²) in [5, 5.41) is 11.4. The lowest BCUT2D eigenvalue weighted by molar-refractivity contribution is -0.384. The first-order chi connectivity index (χ1) is 19.8. The maximum atomic E-state index is 13.5. The van der Waals surface area contributed by atoms with E-state index in [1.54, 1.807) is 31.3 Å². The third-order valence-corrected chi connectivity index (χ3v) is 6.68. The second kappa shape index (κ2) is 11.5. The second-order valence-electron chi connectivity index (χ2n) is 8.91. The number of carbonyl (C=O) groups excluding carboxylic acids is 2. The number of halogens is 1. The number of aryl methyl sites for hydroxylation is 2. The molecule has 5 aromatic rings. The van der Waals surface area contributed by atoms with Crippen molar-refractivity contribution in [2.45, 2.75) is 19.9 Å². The van der Waals surface area contributed by atoms with Crippen LogP contribution in [0.5, 0.6) is 0 Å². The number of hydrogen-bond donors (Lipinski definition) is 0. The van der Waals surface area contributed by atoms with E-state index >= 15 is 0 Å². The molecule has 5 rings (SSSR count). The van der Waals surface area contributed by atoms with Gasteiger partial charge in [0.25, 0.3) is 17.2 Å². The molecular weight excluding hydrogens is 550 g/mol. The van der Waals surface area contributed by atoms with E-state index in [1.807, 2.05) is 30.3 Å². The van der Waals surface area contributed by atoms with Crippen LogP contribution in [0.15, 0.2) is 88.8 Å². The average Bonchev–Trinajstić information content (AvgIpc) is 2.97. The van der Waals surface area contributed by atoms with Gasteiger partial charge in [-0.2, -0.15) is 4.99 Å². The average molecular weight is 572 g/mol. The van der Waals surface area contributed by atoms with Crippen molar-refractivity contribution in [3.8, 4) is 0 Å². The third kappa shape index (κ3) is 5.48. The fraction of sp³-hybridized carbons (Fsp3) is 0.138. The molecule has 0 radical (unpaired) electrons. The van der Waals surface area contributed by atoms with E-state index < -0.39 is 22.4 Å². The summed E-state index contributed by atoms with van der Waals surface area (Å²) < 4.78 is 8.13. The molecule has 3 aromatic heterocycles. The maximum Gasteiger partial charge on any atom is 0.341 e. The zero-order chi connectivity index (χ0) is 29.1. The molecule has 0 saturated carbocycles. The zero-order valence-corrected chi connectivity index (χ0v) is 22.4. The first kappa shape index (κ1) is 27.4. The van der Waals surface area contributed by atoms with Gasteiger partial charge in [-0.05, 0) is 43.2 Å². The van der Waals surface area contributed by atoms with Gasteiger partial charge in [0.05, 0.1) is 27.5 Å². The number of hydrogen-bond acceptors (Lipinski definition) is 7. The lowest BCUT2D eigenvalue weighted by Gasteiger charge is -2.15. The van der Waals surface area contributed by atoms with Crippen LogP contribution in [-0.4, -0.2) is 37.4 Å². The van der Waals surface area contributed by atoms with Gasteiger partial charge in [-0.1, -0.05) is 48.0 Å². The van der Waals surface area contributed by atoms with Crippen molar-refractivity contribution < 1.29 is 19.2 Å². The molecule has 1 amide bonds. The molecule has 0 saturated heterocycles. The van der Waals surface area contributed by atoms with E-state index in [1.165, 1.54) is 27.2 Å². The number of non-ortho nitro benzene ring substituents is 1. The molecule has 0 aliphatic heterocycles. The molecule has 0 unspecified atom stereocenters. The minimum atomic E-state index is -0.922. The number of benzene rings is 2. The maximum absolute atomic E-state index is 13.5. The van der Waals surface area contributed by atoms with Gasteiger partial charge in [0.2, 0.25) is 0 Å². The van der Waals surface area contributed by atoms with E-state index in [0.29, 0.717) is 12.1 Å². The minimum absolute atomic E-state index is 0.0277. The molecule has 0 fully saturated rings. The molecule has 0 atom stereocenters. The van der Waals surface area contributed by atoms with Crippen LogP contribution in [0.2, 0.25) is 5.02 Å². The van der Waals surface area contributed by atoms with Crippen molar-refractivity contribution in [3.05, 3.63) is 127 Å². The van der Waals surface area contributed by atoms with Gasteiger partial charge in [-0.15, -0.1) is 0 Å². The number of esters is 1. The number of rotatable bonds is 7. The summed E-state index contributed by atoms with van der Waals surface area (Å²) in [6, 6.07) is 19.3. The Balaban J connectivity index is 1.84. The van der Waals surface area contributed by atoms with Gasteiger partial charge >= 0.3 is 5.97 Å². The van der Waals surface area contributed by atoms with Crippen LogP contribution in [0.3, 0.4) is 0 Å². The molecule has 0 bridgehead atoms. The highest BCUT2D eigenvalue weighted by Gasteiger charge is 2.22. The van der Waals surface area contributed by atoms with Crippen molar-refractivity contribution in [1.82, 2.24) is 14.0 Å². The Morgan fingerprint density at radius 3 is 2.54 bits per heavy atom. The van der Waals surface area contributed by atoms with E-state index in [2.05, 4.69) is 9.98 Å². The standard InChI is InChI=1S/C29H22ClN5O6/c1-2-41-29(38)22-17-21-25(31-24-10-6-7-14-33(24)28(21)37)34(15-13-18-8-4-3-5-9-18)26(22)32-27(36)20-16-19(35(39)40)11-12-23(20)30/h3-12,14,16-17H,2,13,15H2,1H3. The Morgan fingerprint density at radius 1 is 1.05 bits per heavy atom. The van der Waals surface area contributed by atoms with Crippen molar-refractivity contribution >= 4 is 45.8 Å². The summed E-state index contributed by atoms with van der Waals surface area (Å²) in [6.07, 6.45) is 2.01. The van der Waals surface area contributed by atoms with Crippen LogP contribution in [0.25, 0.3) is 16.7 Å². The predicted octanol–water partition coefficient (Wildman–Crippen LogP) is 4.37. The largest absolute Gasteiger partial charge is 0.462 e. The third-order valence-electron chi connectivity index (χ3n) is 6.35. The fourth-order valence-electron chi connectivity index (χ4n) is 4.40. The van der Waals surface area contributed by atoms with Crippen LogP contribution >= 0.6 is 11.6 Å². The number of nitro groups is 1. The monoisotopic (exact) mass is 571 g/mol. The molecule has 41 heavy (non-hydrogen) atoms. The van der Waals surface area contributed by atoms with E-state index in [-0.39, 0.29) is 51.5 Å². The first-order valence-corrected chi connectivity index (χ1v) is 12.9. The highest BCUT2D eigenvalue weighted by atomic mass is 35.5. The number of nitrogens with zero attached hydrogens (tertiary/aromatic N) is 5. The molecule has 0 aliphatic carbocycles. The molecule has 11 nitrogen and oxygen atoms in total. The van der Waals surface area contributed by atoms with Crippen molar-refractivity contribution in [2.75, 3.05) is 6.61 Å². The Morgan fingerprint density at radius 2 is 1.80 bits per heavy atom. The number of amides is 1. The normalized spacial score (nSPS) is 11.6. The van der Waals surface area contributed by atoms with Gasteiger partial charge < -0.3 is 9.30 Å². The van der Waals surface area contributed by atoms with Gasteiger partial charge in [0.1, 0.15) is 16.9 Å². The van der Waals surface area contributed by atoms with Crippen LogP contribution in [0, 0.1) is 10.1 Å². The number of fused-ring (bicyclic) bond motifs is 2. The summed E-state index contributed by atoms with van der Waals surface area (Å²) in [4.78, 5) is 59.8. The van der Waals surface area contributed by atoms with Crippen LogP contribution in [0.1, 0.15) is 33.2 Å². The Bertz CT molecular complexity index is 1970. The molecule has 2 aromatic carbocycles. The summed E-state index contributed by atoms with van der Waals surface area (Å²) in [5.41, 5.74) is 0.231. The summed E-state index contributed by atoms with van der Waals surface area (Å²) in [7, 11) is 0. The fourth-order valence-corrected chi connectivity index (χ4v) is 4.60. The van der Waals surface area contributed by atoms with Gasteiger partial charge in [-0.3, -0.25) is 24.1 Å². The van der Waals surface area contributed by atoms with E-state index in [9.17, 15) is 24.5 Å². The molecule has 206 valence electrons. The minimum Gasteiger partial charge on any atom is -0.462 e. The number of aromatic nitrogens is 3. The summed E-state index contributed by atoms with van der Waals surface area (Å²) >= 11 is 6.22. The lowest BCUT2D eigenvalue weighted by atomic mass is 10.1. The predicted molar refractivity (Wildman–Crippen MR) is 151 cm³/mol. The number of nitro benzene ring substituents is 1. The topological polar surface area (TPSA) is 138 Å².